The first-order valence-corrected chi connectivity index (χ1v) is 9.77. The van der Waals surface area contributed by atoms with Crippen molar-refractivity contribution in [3.05, 3.63) is 53.1 Å². The van der Waals surface area contributed by atoms with Crippen molar-refractivity contribution in [3.63, 3.8) is 0 Å². The molecule has 0 aliphatic heterocycles. The van der Waals surface area contributed by atoms with E-state index < -0.39 is 60.2 Å². The summed E-state index contributed by atoms with van der Waals surface area (Å²) in [5, 5.41) is 0. The summed E-state index contributed by atoms with van der Waals surface area (Å²) < 4.78 is 56.5. The Morgan fingerprint density at radius 3 is 2.16 bits per heavy atom. The Balaban J connectivity index is 2.76. The quantitative estimate of drug-likeness (QED) is 0.452. The summed E-state index contributed by atoms with van der Waals surface area (Å²) >= 11 is 0. The molecule has 2 rings (SSSR count). The highest BCUT2D eigenvalue weighted by Crippen LogP contribution is 2.61. The normalized spacial score (nSPS) is 13.0. The van der Waals surface area contributed by atoms with Crippen LogP contribution in [0.25, 0.3) is 0 Å². The smallest absolute Gasteiger partial charge is 0.250 e. The largest absolute Gasteiger partial charge is 0.287 e. The second-order valence-corrected chi connectivity index (χ2v) is 11.1. The third-order valence-corrected chi connectivity index (χ3v) is 8.70. The minimum atomic E-state index is -2.20. The zero-order valence-corrected chi connectivity index (χ0v) is 15.3. The number of aromatic nitrogens is 2. The standard InChI is InChI=1S/C17H18F4N2OS/c1-17(2,3)25(4,5)14-10(18)12(23-16(21)11(14)19)13(24)9-7-6-8-22-15(9)20/h6-8H,1-5H3. The second kappa shape index (κ2) is 6.40. The molecule has 0 saturated heterocycles. The number of rotatable bonds is 3. The Morgan fingerprint density at radius 2 is 1.64 bits per heavy atom. The second-order valence-electron chi connectivity index (χ2n) is 6.82. The number of hydrogen-bond acceptors (Lipinski definition) is 3. The molecule has 0 aromatic carbocycles. The number of nitrogens with zero attached hydrogens (tertiary/aromatic N) is 2. The molecule has 0 atom stereocenters. The van der Waals surface area contributed by atoms with Crippen molar-refractivity contribution in [2.45, 2.75) is 30.4 Å². The van der Waals surface area contributed by atoms with Crippen molar-refractivity contribution in [1.29, 1.82) is 0 Å². The van der Waals surface area contributed by atoms with Gasteiger partial charge in [-0.3, -0.25) is 4.79 Å². The Kier molecular flexibility index (Phi) is 4.96. The van der Waals surface area contributed by atoms with Gasteiger partial charge in [0.25, 0.3) is 5.95 Å². The highest BCUT2D eigenvalue weighted by Gasteiger charge is 2.38. The Bertz CT molecular complexity index is 847. The Hall–Kier alpha value is -1.96. The van der Waals surface area contributed by atoms with Crippen LogP contribution in [0.5, 0.6) is 0 Å². The Labute approximate surface area is 144 Å². The van der Waals surface area contributed by atoms with Gasteiger partial charge in [-0.25, -0.2) is 28.8 Å². The minimum absolute atomic E-state index is 0.514. The van der Waals surface area contributed by atoms with E-state index in [9.17, 15) is 22.4 Å². The van der Waals surface area contributed by atoms with Crippen molar-refractivity contribution < 1.29 is 22.4 Å². The summed E-state index contributed by atoms with van der Waals surface area (Å²) in [5.74, 6) is -6.60. The molecule has 0 unspecified atom stereocenters. The highest BCUT2D eigenvalue weighted by molar-refractivity contribution is 8.33. The van der Waals surface area contributed by atoms with Crippen LogP contribution < -0.4 is 0 Å². The van der Waals surface area contributed by atoms with Gasteiger partial charge in [-0.1, -0.05) is 20.8 Å². The maximum Gasteiger partial charge on any atom is 0.250 e. The van der Waals surface area contributed by atoms with Crippen LogP contribution in [-0.2, 0) is 0 Å². The van der Waals surface area contributed by atoms with Gasteiger partial charge in [-0.2, -0.15) is 8.78 Å². The van der Waals surface area contributed by atoms with E-state index in [4.69, 9.17) is 0 Å². The van der Waals surface area contributed by atoms with Gasteiger partial charge in [0.05, 0.1) is 10.5 Å². The van der Waals surface area contributed by atoms with Gasteiger partial charge in [0.1, 0.15) is 0 Å². The van der Waals surface area contributed by atoms with Gasteiger partial charge in [0, 0.05) is 6.20 Å². The first-order chi connectivity index (χ1) is 11.4. The van der Waals surface area contributed by atoms with Crippen LogP contribution in [0.4, 0.5) is 17.6 Å². The van der Waals surface area contributed by atoms with Crippen molar-refractivity contribution in [1.82, 2.24) is 9.97 Å². The fourth-order valence-corrected chi connectivity index (χ4v) is 3.77. The maximum absolute atomic E-state index is 15.0. The summed E-state index contributed by atoms with van der Waals surface area (Å²) in [6.07, 6.45) is 4.35. The molecule has 0 amide bonds. The molecule has 0 fully saturated rings. The van der Waals surface area contributed by atoms with Gasteiger partial charge in [-0.15, -0.1) is 0 Å². The molecule has 0 bridgehead atoms. The molecule has 0 radical (unpaired) electrons. The van der Waals surface area contributed by atoms with E-state index in [1.54, 1.807) is 33.3 Å². The molecule has 0 N–H and O–H groups in total. The number of halogens is 4. The predicted octanol–water partition coefficient (Wildman–Crippen LogP) is 4.49. The van der Waals surface area contributed by atoms with E-state index >= 15 is 0 Å². The third kappa shape index (κ3) is 3.27. The topological polar surface area (TPSA) is 42.9 Å². The molecule has 2 aromatic heterocycles. The number of hydrogen-bond donors (Lipinski definition) is 0. The fourth-order valence-electron chi connectivity index (χ4n) is 2.08. The van der Waals surface area contributed by atoms with Gasteiger partial charge in [0.2, 0.25) is 11.7 Å². The lowest BCUT2D eigenvalue weighted by Gasteiger charge is -2.45. The lowest BCUT2D eigenvalue weighted by atomic mass is 10.1. The summed E-state index contributed by atoms with van der Waals surface area (Å²) in [7, 11) is -2.20. The molecule has 0 aliphatic rings. The molecule has 136 valence electrons. The van der Waals surface area contributed by atoms with Crippen molar-refractivity contribution >= 4 is 15.8 Å². The highest BCUT2D eigenvalue weighted by atomic mass is 32.3. The summed E-state index contributed by atoms with van der Waals surface area (Å²) in [6.45, 7) is 5.30. The van der Waals surface area contributed by atoms with E-state index in [1.165, 1.54) is 6.07 Å². The molecule has 2 heterocycles. The summed E-state index contributed by atoms with van der Waals surface area (Å²) in [6, 6.07) is 2.35. The first-order valence-electron chi connectivity index (χ1n) is 7.32. The first kappa shape index (κ1) is 19.4. The minimum Gasteiger partial charge on any atom is -0.287 e. The third-order valence-electron chi connectivity index (χ3n) is 4.26. The van der Waals surface area contributed by atoms with Crippen LogP contribution in [0.2, 0.25) is 0 Å². The molecule has 0 spiro atoms. The average molecular weight is 374 g/mol. The molecule has 25 heavy (non-hydrogen) atoms. The predicted molar refractivity (Wildman–Crippen MR) is 89.2 cm³/mol. The zero-order valence-electron chi connectivity index (χ0n) is 14.5. The molecule has 8 heteroatoms. The van der Waals surface area contributed by atoms with E-state index in [-0.39, 0.29) is 0 Å². The SMILES string of the molecule is CC(C)(C)S(C)(C)c1c(F)c(F)nc(C(=O)c2cccnc2F)c1F. The van der Waals surface area contributed by atoms with Crippen LogP contribution in [0.3, 0.4) is 0 Å². The molecule has 3 nitrogen and oxygen atoms in total. The maximum atomic E-state index is 15.0. The number of pyridine rings is 2. The zero-order chi connectivity index (χ0) is 19.2. The lowest BCUT2D eigenvalue weighted by Crippen LogP contribution is -2.27. The van der Waals surface area contributed by atoms with E-state index in [0.29, 0.717) is 0 Å². The fraction of sp³-hybridized carbons (Fsp3) is 0.353. The summed E-state index contributed by atoms with van der Waals surface area (Å²) in [5.41, 5.74) is -1.51. The van der Waals surface area contributed by atoms with Crippen LogP contribution in [0, 0.1) is 23.5 Å². The van der Waals surface area contributed by atoms with E-state index in [2.05, 4.69) is 9.97 Å². The molecule has 2 aromatic rings. The van der Waals surface area contributed by atoms with Crippen molar-refractivity contribution in [2.75, 3.05) is 12.5 Å². The van der Waals surface area contributed by atoms with E-state index in [0.717, 1.165) is 12.3 Å². The Morgan fingerprint density at radius 1 is 1.04 bits per heavy atom. The van der Waals surface area contributed by atoms with Gasteiger partial charge in [-0.05, 0) is 29.4 Å². The van der Waals surface area contributed by atoms with Crippen LogP contribution in [-0.4, -0.2) is 33.0 Å². The van der Waals surface area contributed by atoms with Crippen LogP contribution in [0.15, 0.2) is 23.2 Å². The van der Waals surface area contributed by atoms with E-state index in [1.807, 2.05) is 0 Å². The van der Waals surface area contributed by atoms with Gasteiger partial charge >= 0.3 is 0 Å². The molecular weight excluding hydrogens is 356 g/mol. The number of carbonyl (C=O) groups excluding carboxylic acids is 1. The van der Waals surface area contributed by atoms with Gasteiger partial charge < -0.3 is 0 Å². The molecular formula is C17H18F4N2OS. The van der Waals surface area contributed by atoms with Gasteiger partial charge in [0.15, 0.2) is 17.3 Å². The molecule has 0 saturated carbocycles. The van der Waals surface area contributed by atoms with Crippen LogP contribution >= 0.6 is 10.0 Å². The summed E-state index contributed by atoms with van der Waals surface area (Å²) in [4.78, 5) is 18.3. The monoisotopic (exact) mass is 374 g/mol. The molecule has 0 aliphatic carbocycles. The van der Waals surface area contributed by atoms with Crippen LogP contribution in [0.1, 0.15) is 36.8 Å². The average Bonchev–Trinajstić information content (AvgIpc) is 2.49. The number of ketones is 1. The van der Waals surface area contributed by atoms with Crippen molar-refractivity contribution in [3.8, 4) is 0 Å². The lowest BCUT2D eigenvalue weighted by molar-refractivity contribution is 0.102. The number of carbonyl (C=O) groups is 1. The van der Waals surface area contributed by atoms with Crippen molar-refractivity contribution in [2.24, 2.45) is 0 Å².